The van der Waals surface area contributed by atoms with E-state index in [1.807, 2.05) is 31.2 Å². The average molecular weight is 366 g/mol. The van der Waals surface area contributed by atoms with Gasteiger partial charge in [-0.15, -0.1) is 0 Å². The van der Waals surface area contributed by atoms with E-state index in [9.17, 15) is 4.79 Å². The van der Waals surface area contributed by atoms with Gasteiger partial charge in [-0.05, 0) is 19.1 Å². The van der Waals surface area contributed by atoms with Gasteiger partial charge in [-0.25, -0.2) is 4.68 Å². The van der Waals surface area contributed by atoms with Crippen molar-refractivity contribution in [2.45, 2.75) is 13.5 Å². The molecule has 3 heterocycles. The lowest BCUT2D eigenvalue weighted by molar-refractivity contribution is 0.240. The fourth-order valence-electron chi connectivity index (χ4n) is 3.13. The molecule has 0 aliphatic carbocycles. The number of hydrogen-bond acceptors (Lipinski definition) is 7. The summed E-state index contributed by atoms with van der Waals surface area (Å²) in [4.78, 5) is 20.7. The molecule has 0 spiro atoms. The molecule has 8 heteroatoms. The summed E-state index contributed by atoms with van der Waals surface area (Å²) in [6, 6.07) is 9.68. The highest BCUT2D eigenvalue weighted by Gasteiger charge is 2.20. The van der Waals surface area contributed by atoms with E-state index >= 15 is 0 Å². The molecule has 0 radical (unpaired) electrons. The first-order valence-corrected chi connectivity index (χ1v) is 8.99. The van der Waals surface area contributed by atoms with Crippen molar-refractivity contribution in [1.29, 1.82) is 0 Å². The highest BCUT2D eigenvalue weighted by Crippen LogP contribution is 2.19. The van der Waals surface area contributed by atoms with Gasteiger partial charge in [-0.2, -0.15) is 10.1 Å². The minimum absolute atomic E-state index is 0.0923. The molecule has 0 amide bonds. The summed E-state index contributed by atoms with van der Waals surface area (Å²) < 4.78 is 6.74. The Balaban J connectivity index is 1.36. The minimum Gasteiger partial charge on any atom is -0.368 e. The third-order valence-corrected chi connectivity index (χ3v) is 4.82. The molecule has 2 aromatic heterocycles. The second kappa shape index (κ2) is 7.32. The predicted molar refractivity (Wildman–Crippen MR) is 101 cm³/mol. The van der Waals surface area contributed by atoms with Crippen molar-refractivity contribution in [3.05, 3.63) is 58.3 Å². The molecule has 3 aromatic rings. The van der Waals surface area contributed by atoms with Crippen molar-refractivity contribution >= 4 is 5.69 Å². The Labute approximate surface area is 157 Å². The fraction of sp³-hybridized carbons (Fsp3) is 0.368. The van der Waals surface area contributed by atoms with Crippen LogP contribution >= 0.6 is 0 Å². The SMILES string of the molecule is Cc1ccc(-c2nc(CN3CCN(c4cnn(C)c(=O)c4)CC3)no2)cc1. The first-order valence-electron chi connectivity index (χ1n) is 8.99. The molecule has 0 unspecified atom stereocenters. The third-order valence-electron chi connectivity index (χ3n) is 4.82. The Kier molecular flexibility index (Phi) is 4.72. The molecular weight excluding hydrogens is 344 g/mol. The summed E-state index contributed by atoms with van der Waals surface area (Å²) in [6.45, 7) is 6.09. The van der Waals surface area contributed by atoms with Gasteiger partial charge in [-0.1, -0.05) is 22.9 Å². The van der Waals surface area contributed by atoms with Crippen LogP contribution in [0.25, 0.3) is 11.5 Å². The highest BCUT2D eigenvalue weighted by atomic mass is 16.5. The van der Waals surface area contributed by atoms with Gasteiger partial charge < -0.3 is 9.42 Å². The molecule has 0 bridgehead atoms. The van der Waals surface area contributed by atoms with Gasteiger partial charge in [-0.3, -0.25) is 9.69 Å². The highest BCUT2D eigenvalue weighted by molar-refractivity contribution is 5.53. The molecule has 0 saturated carbocycles. The largest absolute Gasteiger partial charge is 0.368 e. The molecule has 1 fully saturated rings. The number of piperazine rings is 1. The third kappa shape index (κ3) is 3.90. The van der Waals surface area contributed by atoms with E-state index in [1.165, 1.54) is 10.2 Å². The monoisotopic (exact) mass is 366 g/mol. The topological polar surface area (TPSA) is 80.3 Å². The molecule has 0 N–H and O–H groups in total. The average Bonchev–Trinajstić information content (AvgIpc) is 3.14. The number of benzene rings is 1. The number of anilines is 1. The molecule has 140 valence electrons. The van der Waals surface area contributed by atoms with E-state index in [0.29, 0.717) is 18.3 Å². The Morgan fingerprint density at radius 1 is 1.11 bits per heavy atom. The van der Waals surface area contributed by atoms with Crippen molar-refractivity contribution < 1.29 is 4.52 Å². The van der Waals surface area contributed by atoms with Crippen LogP contribution in [0.15, 0.2) is 45.8 Å². The molecule has 1 aliphatic rings. The molecule has 0 atom stereocenters. The Bertz CT molecular complexity index is 970. The number of nitrogens with zero attached hydrogens (tertiary/aromatic N) is 6. The van der Waals surface area contributed by atoms with E-state index in [1.54, 1.807) is 19.3 Å². The van der Waals surface area contributed by atoms with Gasteiger partial charge in [0.25, 0.3) is 11.4 Å². The number of aryl methyl sites for hydroxylation is 2. The molecule has 1 aromatic carbocycles. The van der Waals surface area contributed by atoms with Crippen LogP contribution in [0.5, 0.6) is 0 Å². The standard InChI is InChI=1S/C19H22N6O2/c1-14-3-5-15(6-4-14)19-21-17(22-27-19)13-24-7-9-25(10-8-24)16-11-18(26)23(2)20-12-16/h3-6,11-12H,7-10,13H2,1-2H3. The molecule has 1 aliphatic heterocycles. The van der Waals surface area contributed by atoms with Crippen LogP contribution in [0.4, 0.5) is 5.69 Å². The van der Waals surface area contributed by atoms with Gasteiger partial charge in [0.05, 0.1) is 18.4 Å². The van der Waals surface area contributed by atoms with E-state index in [4.69, 9.17) is 4.52 Å². The molecule has 1 saturated heterocycles. The van der Waals surface area contributed by atoms with Crippen molar-refractivity contribution in [3.8, 4) is 11.5 Å². The van der Waals surface area contributed by atoms with E-state index in [2.05, 4.69) is 25.0 Å². The Morgan fingerprint density at radius 3 is 2.56 bits per heavy atom. The lowest BCUT2D eigenvalue weighted by Crippen LogP contribution is -2.46. The summed E-state index contributed by atoms with van der Waals surface area (Å²) in [5.41, 5.74) is 2.91. The van der Waals surface area contributed by atoms with Gasteiger partial charge in [0, 0.05) is 44.9 Å². The summed E-state index contributed by atoms with van der Waals surface area (Å²) in [7, 11) is 1.65. The predicted octanol–water partition coefficient (Wildman–Crippen LogP) is 1.46. The van der Waals surface area contributed by atoms with E-state index in [-0.39, 0.29) is 5.56 Å². The molecule has 4 rings (SSSR count). The van der Waals surface area contributed by atoms with Crippen LogP contribution in [-0.4, -0.2) is 51.0 Å². The summed E-state index contributed by atoms with van der Waals surface area (Å²) in [6.07, 6.45) is 1.74. The number of rotatable bonds is 4. The zero-order valence-corrected chi connectivity index (χ0v) is 15.5. The van der Waals surface area contributed by atoms with Gasteiger partial charge in [0.2, 0.25) is 0 Å². The summed E-state index contributed by atoms with van der Waals surface area (Å²) in [5, 5.41) is 8.21. The Hall–Kier alpha value is -3.00. The first kappa shape index (κ1) is 17.4. The Morgan fingerprint density at radius 2 is 1.85 bits per heavy atom. The summed E-state index contributed by atoms with van der Waals surface area (Å²) in [5.74, 6) is 1.24. The van der Waals surface area contributed by atoms with Crippen molar-refractivity contribution in [2.75, 3.05) is 31.1 Å². The number of hydrogen-bond donors (Lipinski definition) is 0. The van der Waals surface area contributed by atoms with Crippen molar-refractivity contribution in [1.82, 2.24) is 24.8 Å². The lowest BCUT2D eigenvalue weighted by atomic mass is 10.1. The van der Waals surface area contributed by atoms with E-state index in [0.717, 1.165) is 37.4 Å². The van der Waals surface area contributed by atoms with E-state index < -0.39 is 0 Å². The van der Waals surface area contributed by atoms with Crippen LogP contribution in [-0.2, 0) is 13.6 Å². The van der Waals surface area contributed by atoms with Gasteiger partial charge in [0.15, 0.2) is 5.82 Å². The lowest BCUT2D eigenvalue weighted by Gasteiger charge is -2.35. The maximum Gasteiger partial charge on any atom is 0.268 e. The zero-order chi connectivity index (χ0) is 18.8. The summed E-state index contributed by atoms with van der Waals surface area (Å²) >= 11 is 0. The molecule has 27 heavy (non-hydrogen) atoms. The maximum atomic E-state index is 11.8. The second-order valence-electron chi connectivity index (χ2n) is 6.82. The minimum atomic E-state index is -0.0923. The molecular formula is C19H22N6O2. The van der Waals surface area contributed by atoms with Crippen LogP contribution in [0.2, 0.25) is 0 Å². The first-order chi connectivity index (χ1) is 13.1. The van der Waals surface area contributed by atoms with Crippen LogP contribution in [0, 0.1) is 6.92 Å². The van der Waals surface area contributed by atoms with Gasteiger partial charge >= 0.3 is 0 Å². The van der Waals surface area contributed by atoms with Crippen molar-refractivity contribution in [3.63, 3.8) is 0 Å². The zero-order valence-electron chi connectivity index (χ0n) is 15.5. The van der Waals surface area contributed by atoms with Crippen molar-refractivity contribution in [2.24, 2.45) is 7.05 Å². The van der Waals surface area contributed by atoms with Crippen LogP contribution < -0.4 is 10.5 Å². The van der Waals surface area contributed by atoms with Crippen LogP contribution in [0.3, 0.4) is 0 Å². The van der Waals surface area contributed by atoms with Gasteiger partial charge in [0.1, 0.15) is 0 Å². The second-order valence-corrected chi connectivity index (χ2v) is 6.82. The number of aromatic nitrogens is 4. The maximum absolute atomic E-state index is 11.8. The normalized spacial score (nSPS) is 15.3. The fourth-order valence-corrected chi connectivity index (χ4v) is 3.13. The molecule has 8 nitrogen and oxygen atoms in total. The quantitative estimate of drug-likeness (QED) is 0.691. The van der Waals surface area contributed by atoms with Crippen LogP contribution in [0.1, 0.15) is 11.4 Å². The smallest absolute Gasteiger partial charge is 0.268 e.